The van der Waals surface area contributed by atoms with Crippen LogP contribution in [0.3, 0.4) is 0 Å². The lowest BCUT2D eigenvalue weighted by atomic mass is 9.99. The van der Waals surface area contributed by atoms with Gasteiger partial charge in [0.2, 0.25) is 0 Å². The zero-order valence-corrected chi connectivity index (χ0v) is 21.5. The predicted octanol–water partition coefficient (Wildman–Crippen LogP) is 3.86. The molecule has 37 heavy (non-hydrogen) atoms. The van der Waals surface area contributed by atoms with Crippen molar-refractivity contribution in [3.8, 4) is 5.75 Å². The van der Waals surface area contributed by atoms with Crippen molar-refractivity contribution in [2.24, 2.45) is 0 Å². The summed E-state index contributed by atoms with van der Waals surface area (Å²) in [6.45, 7) is 5.43. The molecule has 0 bridgehead atoms. The van der Waals surface area contributed by atoms with Crippen molar-refractivity contribution in [2.45, 2.75) is 43.4 Å². The van der Waals surface area contributed by atoms with E-state index in [-0.39, 0.29) is 17.0 Å². The Hall–Kier alpha value is -3.73. The Bertz CT molecular complexity index is 1470. The van der Waals surface area contributed by atoms with Crippen molar-refractivity contribution >= 4 is 33.2 Å². The van der Waals surface area contributed by atoms with Crippen LogP contribution in [0.5, 0.6) is 5.75 Å². The third kappa shape index (κ3) is 6.73. The number of carbonyl (C=O) groups is 1. The van der Waals surface area contributed by atoms with Gasteiger partial charge in [0.05, 0.1) is 28.4 Å². The lowest BCUT2D eigenvalue weighted by molar-refractivity contribution is -0.120. The van der Waals surface area contributed by atoms with Crippen LogP contribution in [0.1, 0.15) is 31.9 Å². The van der Waals surface area contributed by atoms with E-state index in [1.165, 1.54) is 12.1 Å². The van der Waals surface area contributed by atoms with Crippen molar-refractivity contribution in [3.63, 3.8) is 0 Å². The molecule has 0 spiro atoms. The Kier molecular flexibility index (Phi) is 7.91. The molecule has 4 aromatic rings. The standard InChI is InChI=1S/C27H30N4O5S/c1-27(2,13-14-31-18-28-24-12-11-22(36-19-32)16-25(24)31)29-17-26(33)20-7-6-8-21(15-20)30-37(34,35)23-9-4-3-5-10-23/h3-12,15-16,18-19,26,29-30,33H,13-14,17H2,1-2H3. The van der Waals surface area contributed by atoms with Crippen molar-refractivity contribution in [2.75, 3.05) is 11.3 Å². The van der Waals surface area contributed by atoms with Gasteiger partial charge in [-0.15, -0.1) is 0 Å². The Labute approximate surface area is 216 Å². The van der Waals surface area contributed by atoms with Gasteiger partial charge in [0, 0.05) is 30.4 Å². The highest BCUT2D eigenvalue weighted by molar-refractivity contribution is 7.92. The number of rotatable bonds is 12. The van der Waals surface area contributed by atoms with Gasteiger partial charge in [-0.1, -0.05) is 30.3 Å². The molecule has 194 valence electrons. The molecular weight excluding hydrogens is 492 g/mol. The molecule has 1 heterocycles. The van der Waals surface area contributed by atoms with Crippen LogP contribution >= 0.6 is 0 Å². The summed E-state index contributed by atoms with van der Waals surface area (Å²) in [6.07, 6.45) is 1.65. The van der Waals surface area contributed by atoms with E-state index in [2.05, 4.69) is 15.0 Å². The summed E-state index contributed by atoms with van der Waals surface area (Å²) in [5.74, 6) is 0.457. The van der Waals surface area contributed by atoms with Gasteiger partial charge in [-0.2, -0.15) is 0 Å². The topological polar surface area (TPSA) is 123 Å². The molecule has 4 rings (SSSR count). The van der Waals surface area contributed by atoms with Gasteiger partial charge < -0.3 is 19.7 Å². The third-order valence-electron chi connectivity index (χ3n) is 6.11. The van der Waals surface area contributed by atoms with E-state index in [1.54, 1.807) is 67.0 Å². The second kappa shape index (κ2) is 11.1. The molecule has 0 saturated carbocycles. The number of nitrogens with zero attached hydrogens (tertiary/aromatic N) is 2. The summed E-state index contributed by atoms with van der Waals surface area (Å²) in [5.41, 5.74) is 2.33. The fourth-order valence-corrected chi connectivity index (χ4v) is 5.02. The molecule has 0 aliphatic heterocycles. The number of ether oxygens (including phenoxy) is 1. The van der Waals surface area contributed by atoms with Crippen molar-refractivity contribution in [1.29, 1.82) is 0 Å². The van der Waals surface area contributed by atoms with Gasteiger partial charge in [0.15, 0.2) is 0 Å². The number of fused-ring (bicyclic) bond motifs is 1. The monoisotopic (exact) mass is 522 g/mol. The van der Waals surface area contributed by atoms with Crippen LogP contribution in [0.15, 0.2) is 84.0 Å². The first-order valence-electron chi connectivity index (χ1n) is 11.8. The molecule has 0 amide bonds. The van der Waals surface area contributed by atoms with Crippen molar-refractivity contribution in [3.05, 3.63) is 84.7 Å². The summed E-state index contributed by atoms with van der Waals surface area (Å²) in [4.78, 5) is 15.2. The predicted molar refractivity (Wildman–Crippen MR) is 142 cm³/mol. The maximum atomic E-state index is 12.6. The number of β-amino-alcohol motifs (C(OH)–C–C–N with tert-alkyl or cyclic N) is 1. The first-order chi connectivity index (χ1) is 17.7. The van der Waals surface area contributed by atoms with Gasteiger partial charge in [-0.25, -0.2) is 13.4 Å². The molecule has 1 atom stereocenters. The molecule has 9 nitrogen and oxygen atoms in total. The Morgan fingerprint density at radius 3 is 2.62 bits per heavy atom. The summed E-state index contributed by atoms with van der Waals surface area (Å²) < 4.78 is 34.8. The number of imidazole rings is 1. The lowest BCUT2D eigenvalue weighted by Gasteiger charge is -2.28. The maximum Gasteiger partial charge on any atom is 0.298 e. The van der Waals surface area contributed by atoms with E-state index >= 15 is 0 Å². The van der Waals surface area contributed by atoms with Crippen LogP contribution in [-0.4, -0.2) is 41.6 Å². The molecule has 0 saturated heterocycles. The van der Waals surface area contributed by atoms with E-state index < -0.39 is 16.1 Å². The summed E-state index contributed by atoms with van der Waals surface area (Å²) in [5, 5.41) is 14.2. The Morgan fingerprint density at radius 2 is 1.86 bits per heavy atom. The van der Waals surface area contributed by atoms with Gasteiger partial charge in [-0.05, 0) is 62.2 Å². The van der Waals surface area contributed by atoms with E-state index in [4.69, 9.17) is 4.74 Å². The lowest BCUT2D eigenvalue weighted by Crippen LogP contribution is -2.42. The van der Waals surface area contributed by atoms with Crippen LogP contribution in [0.2, 0.25) is 0 Å². The van der Waals surface area contributed by atoms with E-state index in [0.717, 1.165) is 17.5 Å². The number of sulfonamides is 1. The number of hydrogen-bond donors (Lipinski definition) is 3. The van der Waals surface area contributed by atoms with Gasteiger partial charge in [0.25, 0.3) is 16.5 Å². The molecule has 1 aromatic heterocycles. The van der Waals surface area contributed by atoms with E-state index in [0.29, 0.717) is 30.0 Å². The average molecular weight is 523 g/mol. The molecule has 10 heteroatoms. The van der Waals surface area contributed by atoms with Crippen molar-refractivity contribution in [1.82, 2.24) is 14.9 Å². The Balaban J connectivity index is 1.36. The van der Waals surface area contributed by atoms with Crippen LogP contribution in [-0.2, 0) is 21.4 Å². The van der Waals surface area contributed by atoms with E-state index in [1.807, 2.05) is 18.4 Å². The highest BCUT2D eigenvalue weighted by Gasteiger charge is 2.20. The van der Waals surface area contributed by atoms with Crippen LogP contribution in [0, 0.1) is 0 Å². The molecule has 1 unspecified atom stereocenters. The first-order valence-corrected chi connectivity index (χ1v) is 13.3. The number of carbonyl (C=O) groups excluding carboxylic acids is 1. The molecule has 0 radical (unpaired) electrons. The smallest absolute Gasteiger partial charge is 0.298 e. The molecule has 0 aliphatic carbocycles. The minimum absolute atomic E-state index is 0.169. The van der Waals surface area contributed by atoms with Crippen LogP contribution in [0.4, 0.5) is 5.69 Å². The highest BCUT2D eigenvalue weighted by Crippen LogP contribution is 2.23. The quantitative estimate of drug-likeness (QED) is 0.242. The molecular formula is C27H30N4O5S. The zero-order valence-electron chi connectivity index (χ0n) is 20.7. The maximum absolute atomic E-state index is 12.6. The minimum Gasteiger partial charge on any atom is -0.429 e. The summed E-state index contributed by atoms with van der Waals surface area (Å²) in [6, 6.07) is 20.2. The number of nitrogens with one attached hydrogen (secondary N) is 2. The van der Waals surface area contributed by atoms with Gasteiger partial charge in [0.1, 0.15) is 5.75 Å². The number of aromatic nitrogens is 2. The second-order valence-corrected chi connectivity index (χ2v) is 11.1. The number of aryl methyl sites for hydroxylation is 1. The summed E-state index contributed by atoms with van der Waals surface area (Å²) in [7, 11) is -3.72. The number of anilines is 1. The first kappa shape index (κ1) is 26.3. The largest absolute Gasteiger partial charge is 0.429 e. The fraction of sp³-hybridized carbons (Fsp3) is 0.259. The number of aliphatic hydroxyl groups is 1. The highest BCUT2D eigenvalue weighted by atomic mass is 32.2. The normalized spacial score (nSPS) is 12.8. The van der Waals surface area contributed by atoms with Gasteiger partial charge >= 0.3 is 0 Å². The molecule has 3 N–H and O–H groups in total. The van der Waals surface area contributed by atoms with E-state index in [9.17, 15) is 18.3 Å². The fourth-order valence-electron chi connectivity index (χ4n) is 3.95. The zero-order chi connectivity index (χ0) is 26.5. The van der Waals surface area contributed by atoms with Crippen LogP contribution in [0.25, 0.3) is 11.0 Å². The second-order valence-electron chi connectivity index (χ2n) is 9.38. The minimum atomic E-state index is -3.72. The SMILES string of the molecule is CC(C)(CCn1cnc2ccc(OC=O)cc21)NCC(O)c1cccc(NS(=O)(=O)c2ccccc2)c1. The molecule has 0 fully saturated rings. The molecule has 3 aromatic carbocycles. The average Bonchev–Trinajstić information content (AvgIpc) is 3.29. The van der Waals surface area contributed by atoms with Crippen LogP contribution < -0.4 is 14.8 Å². The number of hydrogen-bond acceptors (Lipinski definition) is 7. The Morgan fingerprint density at radius 1 is 1.08 bits per heavy atom. The van der Waals surface area contributed by atoms with Crippen molar-refractivity contribution < 1.29 is 23.1 Å². The van der Waals surface area contributed by atoms with Gasteiger partial charge in [-0.3, -0.25) is 9.52 Å². The molecule has 0 aliphatic rings. The number of aliphatic hydroxyl groups excluding tert-OH is 1. The summed E-state index contributed by atoms with van der Waals surface area (Å²) >= 11 is 0. The third-order valence-corrected chi connectivity index (χ3v) is 7.50. The number of benzene rings is 3.